The first-order valence-electron chi connectivity index (χ1n) is 9.54. The average Bonchev–Trinajstić information content (AvgIpc) is 3.34. The number of alkyl halides is 3. The van der Waals surface area contributed by atoms with Gasteiger partial charge in [-0.15, -0.1) is 0 Å². The largest absolute Gasteiger partial charge is 0.417 e. The summed E-state index contributed by atoms with van der Waals surface area (Å²) in [5.74, 6) is 0.242. The van der Waals surface area contributed by atoms with Crippen LogP contribution >= 0.6 is 0 Å². The van der Waals surface area contributed by atoms with Crippen molar-refractivity contribution >= 4 is 11.2 Å². The van der Waals surface area contributed by atoms with Crippen molar-refractivity contribution in [2.75, 3.05) is 0 Å². The van der Waals surface area contributed by atoms with Crippen LogP contribution < -0.4 is 11.2 Å². The molecule has 154 valence electrons. The summed E-state index contributed by atoms with van der Waals surface area (Å²) in [5.41, 5.74) is -2.97. The lowest BCUT2D eigenvalue weighted by Gasteiger charge is -2.37. The van der Waals surface area contributed by atoms with Gasteiger partial charge in [0, 0.05) is 20.1 Å². The molecule has 4 rings (SSSR count). The molecule has 10 heteroatoms. The van der Waals surface area contributed by atoms with Gasteiger partial charge in [-0.1, -0.05) is 0 Å². The highest BCUT2D eigenvalue weighted by Crippen LogP contribution is 2.43. The maximum Gasteiger partial charge on any atom is 0.417 e. The van der Waals surface area contributed by atoms with Gasteiger partial charge in [0.25, 0.3) is 5.56 Å². The fourth-order valence-corrected chi connectivity index (χ4v) is 4.08. The summed E-state index contributed by atoms with van der Waals surface area (Å²) >= 11 is 0. The van der Waals surface area contributed by atoms with E-state index < -0.39 is 35.9 Å². The second-order valence-corrected chi connectivity index (χ2v) is 8.24. The Morgan fingerprint density at radius 1 is 1.14 bits per heavy atom. The normalized spacial score (nSPS) is 26.1. The Kier molecular flexibility index (Phi) is 4.44. The van der Waals surface area contributed by atoms with Crippen molar-refractivity contribution in [3.8, 4) is 0 Å². The molecule has 1 N–H and O–H groups in total. The summed E-state index contributed by atoms with van der Waals surface area (Å²) in [6, 6.07) is 0. The van der Waals surface area contributed by atoms with E-state index in [2.05, 4.69) is 4.98 Å². The van der Waals surface area contributed by atoms with E-state index in [1.165, 1.54) is 4.57 Å². The first kappa shape index (κ1) is 19.2. The summed E-state index contributed by atoms with van der Waals surface area (Å²) in [6.07, 6.45) is -1.53. The monoisotopic (exact) mass is 400 g/mol. The van der Waals surface area contributed by atoms with Crippen LogP contribution in [0.25, 0.3) is 11.2 Å². The van der Waals surface area contributed by atoms with E-state index in [9.17, 15) is 27.9 Å². The number of hydrogen-bond donors (Lipinski definition) is 1. The summed E-state index contributed by atoms with van der Waals surface area (Å²) in [5, 5.41) is 9.81. The molecule has 2 aromatic rings. The number of imidazole rings is 1. The zero-order valence-electron chi connectivity index (χ0n) is 15.6. The van der Waals surface area contributed by atoms with Crippen LogP contribution in [0.2, 0.25) is 0 Å². The van der Waals surface area contributed by atoms with E-state index in [4.69, 9.17) is 0 Å². The second-order valence-electron chi connectivity index (χ2n) is 8.24. The van der Waals surface area contributed by atoms with Gasteiger partial charge >= 0.3 is 11.9 Å². The van der Waals surface area contributed by atoms with Gasteiger partial charge in [-0.25, -0.2) is 9.78 Å². The van der Waals surface area contributed by atoms with Gasteiger partial charge in [0.15, 0.2) is 16.8 Å². The van der Waals surface area contributed by atoms with Crippen LogP contribution in [0.15, 0.2) is 15.9 Å². The molecule has 0 aromatic carbocycles. The minimum Gasteiger partial charge on any atom is -0.380 e. The number of halogens is 3. The zero-order valence-corrected chi connectivity index (χ0v) is 15.6. The highest BCUT2D eigenvalue weighted by molar-refractivity contribution is 5.69. The Labute approximate surface area is 158 Å². The summed E-state index contributed by atoms with van der Waals surface area (Å²) in [6.45, 7) is 0.718. The number of nitrogens with zero attached hydrogens (tertiary/aromatic N) is 4. The van der Waals surface area contributed by atoms with Crippen molar-refractivity contribution in [1.29, 1.82) is 0 Å². The Hall–Kier alpha value is -2.10. The SMILES string of the molecule is Cn1c(=O)n(CC2CCC(O)(C(F)(F)F)CC2)c(=O)c2c1ncn2CC1CC1. The van der Waals surface area contributed by atoms with E-state index >= 15 is 0 Å². The number of rotatable bonds is 4. The Morgan fingerprint density at radius 3 is 2.32 bits per heavy atom. The van der Waals surface area contributed by atoms with Gasteiger partial charge in [-0.05, 0) is 50.4 Å². The van der Waals surface area contributed by atoms with Gasteiger partial charge in [-0.2, -0.15) is 13.2 Å². The summed E-state index contributed by atoms with van der Waals surface area (Å²) in [4.78, 5) is 29.9. The van der Waals surface area contributed by atoms with Crippen molar-refractivity contribution in [3.05, 3.63) is 27.2 Å². The molecule has 2 fully saturated rings. The van der Waals surface area contributed by atoms with Crippen LogP contribution in [0.3, 0.4) is 0 Å². The number of aromatic nitrogens is 4. The van der Waals surface area contributed by atoms with E-state index in [1.54, 1.807) is 17.9 Å². The van der Waals surface area contributed by atoms with Gasteiger partial charge in [0.2, 0.25) is 0 Å². The molecule has 0 amide bonds. The van der Waals surface area contributed by atoms with Crippen molar-refractivity contribution in [2.24, 2.45) is 18.9 Å². The van der Waals surface area contributed by atoms with Crippen LogP contribution in [0.5, 0.6) is 0 Å². The Balaban J connectivity index is 1.62. The molecule has 2 aromatic heterocycles. The lowest BCUT2D eigenvalue weighted by molar-refractivity contribution is -0.272. The predicted octanol–water partition coefficient (Wildman–Crippen LogP) is 1.79. The van der Waals surface area contributed by atoms with Crippen molar-refractivity contribution in [3.63, 3.8) is 0 Å². The molecule has 0 aliphatic heterocycles. The van der Waals surface area contributed by atoms with Crippen LogP contribution in [-0.4, -0.2) is 35.6 Å². The minimum atomic E-state index is -4.67. The number of hydrogen-bond acceptors (Lipinski definition) is 4. The zero-order chi connectivity index (χ0) is 20.3. The fourth-order valence-electron chi connectivity index (χ4n) is 4.08. The van der Waals surface area contributed by atoms with E-state index in [0.29, 0.717) is 23.6 Å². The van der Waals surface area contributed by atoms with E-state index in [1.807, 2.05) is 0 Å². The number of aliphatic hydroxyl groups is 1. The molecule has 0 bridgehead atoms. The molecule has 2 saturated carbocycles. The molecule has 0 spiro atoms. The Bertz CT molecular complexity index is 1010. The lowest BCUT2D eigenvalue weighted by atomic mass is 9.78. The van der Waals surface area contributed by atoms with E-state index in [0.717, 1.165) is 17.4 Å². The maximum atomic E-state index is 13.0. The second kappa shape index (κ2) is 6.47. The first-order valence-corrected chi connectivity index (χ1v) is 9.54. The molecule has 7 nitrogen and oxygen atoms in total. The topological polar surface area (TPSA) is 82.0 Å². The maximum absolute atomic E-state index is 13.0. The molecule has 2 heterocycles. The highest BCUT2D eigenvalue weighted by Gasteiger charge is 2.54. The highest BCUT2D eigenvalue weighted by atomic mass is 19.4. The molecule has 0 atom stereocenters. The number of aryl methyl sites for hydroxylation is 1. The van der Waals surface area contributed by atoms with Crippen LogP contribution in [0.4, 0.5) is 13.2 Å². The summed E-state index contributed by atoms with van der Waals surface area (Å²) < 4.78 is 43.1. The first-order chi connectivity index (χ1) is 13.1. The summed E-state index contributed by atoms with van der Waals surface area (Å²) in [7, 11) is 1.54. The molecule has 28 heavy (non-hydrogen) atoms. The molecule has 2 aliphatic carbocycles. The minimum absolute atomic E-state index is 0.0456. The molecule has 0 radical (unpaired) electrons. The third kappa shape index (κ3) is 3.17. The van der Waals surface area contributed by atoms with Crippen molar-refractivity contribution in [2.45, 2.75) is 63.4 Å². The van der Waals surface area contributed by atoms with E-state index in [-0.39, 0.29) is 25.3 Å². The molecular formula is C18H23F3N4O3. The number of fused-ring (bicyclic) bond motifs is 1. The van der Waals surface area contributed by atoms with Gasteiger partial charge in [0.05, 0.1) is 6.33 Å². The van der Waals surface area contributed by atoms with Gasteiger partial charge in [0.1, 0.15) is 0 Å². The standard InChI is InChI=1S/C18H23F3N4O3/c1-23-14-13(24(10-22-14)8-11-2-3-11)15(26)25(16(23)27)9-12-4-6-17(28,7-5-12)18(19,20)21/h10-12,28H,2-9H2,1H3. The van der Waals surface area contributed by atoms with Gasteiger partial charge in [-0.3, -0.25) is 13.9 Å². The van der Waals surface area contributed by atoms with Crippen molar-refractivity contribution in [1.82, 2.24) is 18.7 Å². The fraction of sp³-hybridized carbons (Fsp3) is 0.722. The smallest absolute Gasteiger partial charge is 0.380 e. The lowest BCUT2D eigenvalue weighted by Crippen LogP contribution is -2.49. The molecular weight excluding hydrogens is 377 g/mol. The van der Waals surface area contributed by atoms with Gasteiger partial charge < -0.3 is 9.67 Å². The third-order valence-corrected chi connectivity index (χ3v) is 6.15. The average molecular weight is 400 g/mol. The predicted molar refractivity (Wildman–Crippen MR) is 94.9 cm³/mol. The molecule has 0 unspecified atom stereocenters. The van der Waals surface area contributed by atoms with Crippen LogP contribution in [-0.2, 0) is 20.1 Å². The third-order valence-electron chi connectivity index (χ3n) is 6.15. The molecule has 0 saturated heterocycles. The quantitative estimate of drug-likeness (QED) is 0.849. The van der Waals surface area contributed by atoms with Crippen molar-refractivity contribution < 1.29 is 18.3 Å². The van der Waals surface area contributed by atoms with Crippen LogP contribution in [0, 0.1) is 11.8 Å². The van der Waals surface area contributed by atoms with Crippen LogP contribution in [0.1, 0.15) is 38.5 Å². The Morgan fingerprint density at radius 2 is 1.75 bits per heavy atom. The molecule has 2 aliphatic rings.